The van der Waals surface area contributed by atoms with Crippen LogP contribution in [-0.2, 0) is 0 Å². The summed E-state index contributed by atoms with van der Waals surface area (Å²) in [6.07, 6.45) is 0. The second-order valence-electron chi connectivity index (χ2n) is 4.49. The topological polar surface area (TPSA) is 38.0 Å². The number of nitrogens with one attached hydrogen (secondary N) is 1. The molecule has 0 aliphatic carbocycles. The summed E-state index contributed by atoms with van der Waals surface area (Å²) in [6, 6.07) is 12.7. The molecule has 0 amide bonds. The molecule has 0 saturated heterocycles. The summed E-state index contributed by atoms with van der Waals surface area (Å²) in [5.41, 5.74) is 4.64. The average Bonchev–Trinajstić information content (AvgIpc) is 2.87. The molecule has 0 spiro atoms. The molecule has 1 heterocycles. The SMILES string of the molecule is NNC(c1cc(F)cc(Br)c1)c1cccc2ccsc12. The number of hydrogen-bond acceptors (Lipinski definition) is 3. The molecule has 2 aromatic carbocycles. The Morgan fingerprint density at radius 2 is 2.05 bits per heavy atom. The van der Waals surface area contributed by atoms with Crippen molar-refractivity contribution in [1.29, 1.82) is 0 Å². The first kappa shape index (κ1) is 13.7. The molecule has 2 nitrogen and oxygen atoms in total. The maximum atomic E-state index is 13.6. The monoisotopic (exact) mass is 350 g/mol. The average molecular weight is 351 g/mol. The molecule has 0 aliphatic heterocycles. The smallest absolute Gasteiger partial charge is 0.124 e. The van der Waals surface area contributed by atoms with E-state index in [9.17, 15) is 4.39 Å². The highest BCUT2D eigenvalue weighted by molar-refractivity contribution is 9.10. The van der Waals surface area contributed by atoms with Crippen molar-refractivity contribution in [2.45, 2.75) is 6.04 Å². The second-order valence-corrected chi connectivity index (χ2v) is 6.32. The highest BCUT2D eigenvalue weighted by Gasteiger charge is 2.17. The minimum atomic E-state index is -0.284. The molecule has 1 aromatic heterocycles. The first-order valence-electron chi connectivity index (χ1n) is 6.07. The van der Waals surface area contributed by atoms with Gasteiger partial charge in [0.15, 0.2) is 0 Å². The van der Waals surface area contributed by atoms with Crippen molar-refractivity contribution in [3.05, 3.63) is 69.3 Å². The highest BCUT2D eigenvalue weighted by Crippen LogP contribution is 2.33. The minimum absolute atomic E-state index is 0.246. The summed E-state index contributed by atoms with van der Waals surface area (Å²) < 4.78 is 15.5. The van der Waals surface area contributed by atoms with E-state index < -0.39 is 0 Å². The number of nitrogens with two attached hydrogens (primary N) is 1. The predicted molar refractivity (Wildman–Crippen MR) is 85.1 cm³/mol. The van der Waals surface area contributed by atoms with Crippen LogP contribution in [0.15, 0.2) is 52.3 Å². The molecule has 0 aliphatic rings. The molecule has 3 N–H and O–H groups in total. The van der Waals surface area contributed by atoms with Crippen LogP contribution in [0, 0.1) is 5.82 Å². The zero-order valence-corrected chi connectivity index (χ0v) is 12.8. The van der Waals surface area contributed by atoms with Crippen LogP contribution in [0.5, 0.6) is 0 Å². The third kappa shape index (κ3) is 2.50. The number of halogens is 2. The largest absolute Gasteiger partial charge is 0.271 e. The maximum absolute atomic E-state index is 13.6. The van der Waals surface area contributed by atoms with E-state index in [1.54, 1.807) is 11.3 Å². The summed E-state index contributed by atoms with van der Waals surface area (Å²) in [5.74, 6) is 5.43. The molecular formula is C15H12BrFN2S. The Labute approximate surface area is 128 Å². The number of fused-ring (bicyclic) bond motifs is 1. The quantitative estimate of drug-likeness (QED) is 0.544. The van der Waals surface area contributed by atoms with Crippen molar-refractivity contribution in [1.82, 2.24) is 5.43 Å². The Balaban J connectivity index is 2.16. The molecule has 3 aromatic rings. The molecule has 3 rings (SSSR count). The van der Waals surface area contributed by atoms with Gasteiger partial charge in [0.1, 0.15) is 5.82 Å². The molecule has 0 fully saturated rings. The van der Waals surface area contributed by atoms with Gasteiger partial charge in [-0.2, -0.15) is 0 Å². The van der Waals surface area contributed by atoms with Crippen molar-refractivity contribution < 1.29 is 4.39 Å². The summed E-state index contributed by atoms with van der Waals surface area (Å²) in [6.45, 7) is 0. The van der Waals surface area contributed by atoms with Crippen molar-refractivity contribution in [2.75, 3.05) is 0 Å². The van der Waals surface area contributed by atoms with Crippen molar-refractivity contribution in [3.63, 3.8) is 0 Å². The van der Waals surface area contributed by atoms with E-state index in [0.29, 0.717) is 4.47 Å². The molecule has 0 saturated carbocycles. The van der Waals surface area contributed by atoms with Gasteiger partial charge in [-0.25, -0.2) is 9.82 Å². The number of rotatable bonds is 3. The number of hydrazine groups is 1. The number of benzene rings is 2. The fourth-order valence-electron chi connectivity index (χ4n) is 2.35. The van der Waals surface area contributed by atoms with E-state index in [1.165, 1.54) is 17.5 Å². The van der Waals surface area contributed by atoms with Crippen LogP contribution < -0.4 is 11.3 Å². The van der Waals surface area contributed by atoms with Gasteiger partial charge in [0, 0.05) is 9.17 Å². The lowest BCUT2D eigenvalue weighted by molar-refractivity contribution is 0.606. The molecule has 20 heavy (non-hydrogen) atoms. The van der Waals surface area contributed by atoms with Gasteiger partial charge in [-0.1, -0.05) is 34.1 Å². The van der Waals surface area contributed by atoms with Gasteiger partial charge in [-0.3, -0.25) is 5.84 Å². The van der Waals surface area contributed by atoms with E-state index in [4.69, 9.17) is 5.84 Å². The van der Waals surface area contributed by atoms with Gasteiger partial charge in [-0.05, 0) is 46.2 Å². The Kier molecular flexibility index (Phi) is 3.85. The lowest BCUT2D eigenvalue weighted by Gasteiger charge is -2.18. The van der Waals surface area contributed by atoms with E-state index in [2.05, 4.69) is 33.5 Å². The van der Waals surface area contributed by atoms with Gasteiger partial charge >= 0.3 is 0 Å². The van der Waals surface area contributed by atoms with Gasteiger partial charge in [-0.15, -0.1) is 11.3 Å². The predicted octanol–water partition coefficient (Wildman–Crippen LogP) is 4.36. The third-order valence-corrected chi connectivity index (χ3v) is 4.64. The van der Waals surface area contributed by atoms with Gasteiger partial charge in [0.05, 0.1) is 6.04 Å². The Morgan fingerprint density at radius 1 is 1.20 bits per heavy atom. The lowest BCUT2D eigenvalue weighted by Crippen LogP contribution is -2.29. The molecule has 0 bridgehead atoms. The Morgan fingerprint density at radius 3 is 2.80 bits per heavy atom. The van der Waals surface area contributed by atoms with Crippen molar-refractivity contribution in [2.24, 2.45) is 5.84 Å². The summed E-state index contributed by atoms with van der Waals surface area (Å²) in [4.78, 5) is 0. The third-order valence-electron chi connectivity index (χ3n) is 3.21. The van der Waals surface area contributed by atoms with E-state index in [-0.39, 0.29) is 11.9 Å². The Hall–Kier alpha value is -1.27. The van der Waals surface area contributed by atoms with Crippen LogP contribution in [0.4, 0.5) is 4.39 Å². The fraction of sp³-hybridized carbons (Fsp3) is 0.0667. The molecule has 102 valence electrons. The summed E-state index contributed by atoms with van der Waals surface area (Å²) in [5, 5.41) is 3.21. The van der Waals surface area contributed by atoms with E-state index in [1.807, 2.05) is 23.6 Å². The first-order valence-corrected chi connectivity index (χ1v) is 7.74. The van der Waals surface area contributed by atoms with Gasteiger partial charge in [0.2, 0.25) is 0 Å². The number of thiophene rings is 1. The summed E-state index contributed by atoms with van der Waals surface area (Å²) in [7, 11) is 0. The van der Waals surface area contributed by atoms with Crippen LogP contribution >= 0.6 is 27.3 Å². The van der Waals surface area contributed by atoms with Crippen LogP contribution in [0.3, 0.4) is 0 Å². The second kappa shape index (κ2) is 5.61. The lowest BCUT2D eigenvalue weighted by atomic mass is 9.98. The molecule has 5 heteroatoms. The maximum Gasteiger partial charge on any atom is 0.124 e. The zero-order chi connectivity index (χ0) is 14.1. The normalized spacial score (nSPS) is 12.8. The van der Waals surface area contributed by atoms with Crippen LogP contribution in [0.1, 0.15) is 17.2 Å². The first-order chi connectivity index (χ1) is 9.69. The van der Waals surface area contributed by atoms with E-state index >= 15 is 0 Å². The molecule has 0 radical (unpaired) electrons. The van der Waals surface area contributed by atoms with Crippen LogP contribution in [0.2, 0.25) is 0 Å². The van der Waals surface area contributed by atoms with Crippen LogP contribution in [-0.4, -0.2) is 0 Å². The van der Waals surface area contributed by atoms with Gasteiger partial charge < -0.3 is 0 Å². The van der Waals surface area contributed by atoms with E-state index in [0.717, 1.165) is 15.8 Å². The van der Waals surface area contributed by atoms with Crippen LogP contribution in [0.25, 0.3) is 10.1 Å². The fourth-order valence-corrected chi connectivity index (χ4v) is 3.78. The summed E-state index contributed by atoms with van der Waals surface area (Å²) >= 11 is 4.98. The minimum Gasteiger partial charge on any atom is -0.271 e. The Bertz CT molecular complexity index is 736. The molecule has 1 unspecified atom stereocenters. The molecular weight excluding hydrogens is 339 g/mol. The highest BCUT2D eigenvalue weighted by atomic mass is 79.9. The molecule has 1 atom stereocenters. The zero-order valence-electron chi connectivity index (χ0n) is 10.4. The standard InChI is InChI=1S/C15H12BrFN2S/c16-11-6-10(7-12(17)8-11)14(19-18)13-3-1-2-9-4-5-20-15(9)13/h1-8,14,19H,18H2. The van der Waals surface area contributed by atoms with Crippen molar-refractivity contribution >= 4 is 37.4 Å². The van der Waals surface area contributed by atoms with Gasteiger partial charge in [0.25, 0.3) is 0 Å². The number of hydrogen-bond donors (Lipinski definition) is 2. The van der Waals surface area contributed by atoms with Crippen molar-refractivity contribution in [3.8, 4) is 0 Å².